The van der Waals surface area contributed by atoms with E-state index in [0.29, 0.717) is 25.9 Å². The number of carbonyl (C=O) groups is 2. The maximum Gasteiger partial charge on any atom is 0.410 e. The van der Waals surface area contributed by atoms with Crippen molar-refractivity contribution in [1.29, 1.82) is 0 Å². The van der Waals surface area contributed by atoms with Gasteiger partial charge in [0.25, 0.3) is 0 Å². The first kappa shape index (κ1) is 15.4. The predicted molar refractivity (Wildman–Crippen MR) is 77.8 cm³/mol. The summed E-state index contributed by atoms with van der Waals surface area (Å²) in [6, 6.07) is 9.54. The number of piperidine rings is 1. The molecule has 0 bridgehead atoms. The van der Waals surface area contributed by atoms with Gasteiger partial charge in [-0.3, -0.25) is 4.79 Å². The number of likely N-dealkylation sites (tertiary alicyclic amines) is 1. The van der Waals surface area contributed by atoms with E-state index in [1.165, 1.54) is 0 Å². The van der Waals surface area contributed by atoms with Crippen molar-refractivity contribution in [2.24, 2.45) is 5.41 Å². The Morgan fingerprint density at radius 1 is 1.24 bits per heavy atom. The molecule has 0 unspecified atom stereocenters. The third-order valence-electron chi connectivity index (χ3n) is 4.01. The zero-order valence-corrected chi connectivity index (χ0v) is 12.2. The minimum atomic E-state index is -0.780. The van der Waals surface area contributed by atoms with Gasteiger partial charge in [-0.05, 0) is 23.8 Å². The summed E-state index contributed by atoms with van der Waals surface area (Å²) in [5.74, 6) is -0.780. The molecule has 0 saturated carbocycles. The van der Waals surface area contributed by atoms with Crippen molar-refractivity contribution in [2.75, 3.05) is 13.1 Å². The standard InChI is InChI=1S/C16H21NO4/c1-16(11-14(18)19)7-9-17(10-8-16)15(20)21-12-13-5-3-2-4-6-13/h2-6H,7-12H2,1H3,(H,18,19). The van der Waals surface area contributed by atoms with Gasteiger partial charge >= 0.3 is 12.1 Å². The van der Waals surface area contributed by atoms with Gasteiger partial charge in [0.2, 0.25) is 0 Å². The summed E-state index contributed by atoms with van der Waals surface area (Å²) >= 11 is 0. The monoisotopic (exact) mass is 291 g/mol. The first-order chi connectivity index (χ1) is 9.98. The van der Waals surface area contributed by atoms with E-state index in [1.54, 1.807) is 4.90 Å². The van der Waals surface area contributed by atoms with E-state index in [0.717, 1.165) is 5.56 Å². The highest BCUT2D eigenvalue weighted by Gasteiger charge is 2.34. The van der Waals surface area contributed by atoms with Crippen LogP contribution in [0.4, 0.5) is 4.79 Å². The van der Waals surface area contributed by atoms with Crippen molar-refractivity contribution in [3.8, 4) is 0 Å². The van der Waals surface area contributed by atoms with Crippen molar-refractivity contribution >= 4 is 12.1 Å². The van der Waals surface area contributed by atoms with E-state index in [4.69, 9.17) is 9.84 Å². The van der Waals surface area contributed by atoms with Crippen LogP contribution < -0.4 is 0 Å². The Morgan fingerprint density at radius 2 is 1.86 bits per heavy atom. The van der Waals surface area contributed by atoms with E-state index >= 15 is 0 Å². The molecule has 114 valence electrons. The Hall–Kier alpha value is -2.04. The number of aliphatic carboxylic acids is 1. The maximum atomic E-state index is 12.0. The summed E-state index contributed by atoms with van der Waals surface area (Å²) in [5, 5.41) is 8.91. The lowest BCUT2D eigenvalue weighted by Gasteiger charge is -2.37. The summed E-state index contributed by atoms with van der Waals surface area (Å²) in [5.41, 5.74) is 0.737. The fourth-order valence-corrected chi connectivity index (χ4v) is 2.58. The quantitative estimate of drug-likeness (QED) is 0.926. The second-order valence-electron chi connectivity index (χ2n) is 5.91. The molecule has 1 aliphatic rings. The van der Waals surface area contributed by atoms with Gasteiger partial charge in [0.15, 0.2) is 0 Å². The van der Waals surface area contributed by atoms with Crippen molar-refractivity contribution < 1.29 is 19.4 Å². The molecule has 1 aliphatic heterocycles. The Bertz CT molecular complexity index is 492. The van der Waals surface area contributed by atoms with E-state index in [1.807, 2.05) is 37.3 Å². The second kappa shape index (κ2) is 6.61. The summed E-state index contributed by atoms with van der Waals surface area (Å²) in [7, 11) is 0. The SMILES string of the molecule is CC1(CC(=O)O)CCN(C(=O)OCc2ccccc2)CC1. The fourth-order valence-electron chi connectivity index (χ4n) is 2.58. The lowest BCUT2D eigenvalue weighted by molar-refractivity contribution is -0.140. The van der Waals surface area contributed by atoms with Crippen LogP contribution in [-0.4, -0.2) is 35.2 Å². The first-order valence-corrected chi connectivity index (χ1v) is 7.16. The van der Waals surface area contributed by atoms with Crippen molar-refractivity contribution in [1.82, 2.24) is 4.90 Å². The van der Waals surface area contributed by atoms with Crippen LogP contribution in [0.3, 0.4) is 0 Å². The molecule has 5 heteroatoms. The summed E-state index contributed by atoms with van der Waals surface area (Å²) in [6.45, 7) is 3.34. The Morgan fingerprint density at radius 3 is 2.43 bits per heavy atom. The number of carboxylic acids is 1. The second-order valence-corrected chi connectivity index (χ2v) is 5.91. The van der Waals surface area contributed by atoms with Crippen LogP contribution in [0.15, 0.2) is 30.3 Å². The minimum absolute atomic E-state index is 0.153. The molecule has 0 radical (unpaired) electrons. The molecule has 1 aromatic rings. The summed E-state index contributed by atoms with van der Waals surface area (Å²) in [6.07, 6.45) is 1.22. The molecule has 0 atom stereocenters. The van der Waals surface area contributed by atoms with Gasteiger partial charge in [-0.15, -0.1) is 0 Å². The minimum Gasteiger partial charge on any atom is -0.481 e. The molecular weight excluding hydrogens is 270 g/mol. The Kier molecular flexibility index (Phi) is 4.83. The van der Waals surface area contributed by atoms with Crippen molar-refractivity contribution in [2.45, 2.75) is 32.8 Å². The highest BCUT2D eigenvalue weighted by atomic mass is 16.6. The van der Waals surface area contributed by atoms with Gasteiger partial charge in [0.05, 0.1) is 6.42 Å². The van der Waals surface area contributed by atoms with E-state index in [9.17, 15) is 9.59 Å². The van der Waals surface area contributed by atoms with Crippen molar-refractivity contribution in [3.63, 3.8) is 0 Å². The number of amides is 1. The third-order valence-corrected chi connectivity index (χ3v) is 4.01. The molecule has 1 fully saturated rings. The Labute approximate surface area is 124 Å². The van der Waals surface area contributed by atoms with E-state index < -0.39 is 5.97 Å². The largest absolute Gasteiger partial charge is 0.481 e. The lowest BCUT2D eigenvalue weighted by Crippen LogP contribution is -2.43. The zero-order valence-electron chi connectivity index (χ0n) is 12.2. The molecule has 21 heavy (non-hydrogen) atoms. The summed E-state index contributed by atoms with van der Waals surface area (Å²) in [4.78, 5) is 24.5. The molecule has 0 spiro atoms. The number of hydrogen-bond donors (Lipinski definition) is 1. The number of rotatable bonds is 4. The lowest BCUT2D eigenvalue weighted by atomic mass is 9.78. The van der Waals surface area contributed by atoms with Gasteiger partial charge in [-0.1, -0.05) is 37.3 Å². The molecule has 1 aromatic carbocycles. The summed E-state index contributed by atoms with van der Waals surface area (Å²) < 4.78 is 5.29. The molecule has 0 aliphatic carbocycles. The van der Waals surface area contributed by atoms with Crippen LogP contribution in [0.2, 0.25) is 0 Å². The molecule has 5 nitrogen and oxygen atoms in total. The molecule has 1 amide bonds. The topological polar surface area (TPSA) is 66.8 Å². The Balaban J connectivity index is 1.79. The number of nitrogens with zero attached hydrogens (tertiary/aromatic N) is 1. The van der Waals surface area contributed by atoms with Crippen LogP contribution in [-0.2, 0) is 16.1 Å². The first-order valence-electron chi connectivity index (χ1n) is 7.16. The average Bonchev–Trinajstić information content (AvgIpc) is 2.45. The smallest absolute Gasteiger partial charge is 0.410 e. The molecule has 1 N–H and O–H groups in total. The molecular formula is C16H21NO4. The molecule has 1 heterocycles. The number of benzene rings is 1. The number of ether oxygens (including phenoxy) is 1. The average molecular weight is 291 g/mol. The van der Waals surface area contributed by atoms with Crippen LogP contribution in [0, 0.1) is 5.41 Å². The van der Waals surface area contributed by atoms with Crippen LogP contribution in [0.5, 0.6) is 0 Å². The van der Waals surface area contributed by atoms with E-state index in [-0.39, 0.29) is 24.5 Å². The predicted octanol–water partition coefficient (Wildman–Crippen LogP) is 2.90. The van der Waals surface area contributed by atoms with Crippen molar-refractivity contribution in [3.05, 3.63) is 35.9 Å². The highest BCUT2D eigenvalue weighted by molar-refractivity contribution is 5.69. The van der Waals surface area contributed by atoms with Gasteiger partial charge in [-0.2, -0.15) is 0 Å². The maximum absolute atomic E-state index is 12.0. The van der Waals surface area contributed by atoms with Crippen LogP contribution >= 0.6 is 0 Å². The van der Waals surface area contributed by atoms with Gasteiger partial charge in [0, 0.05) is 13.1 Å². The van der Waals surface area contributed by atoms with Crippen LogP contribution in [0.1, 0.15) is 31.7 Å². The fraction of sp³-hybridized carbons (Fsp3) is 0.500. The molecule has 1 saturated heterocycles. The number of hydrogen-bond acceptors (Lipinski definition) is 3. The molecule has 0 aromatic heterocycles. The normalized spacial score (nSPS) is 17.3. The van der Waals surface area contributed by atoms with Crippen LogP contribution in [0.25, 0.3) is 0 Å². The molecule has 2 rings (SSSR count). The number of carbonyl (C=O) groups excluding carboxylic acids is 1. The van der Waals surface area contributed by atoms with Gasteiger partial charge < -0.3 is 14.7 Å². The van der Waals surface area contributed by atoms with Gasteiger partial charge in [-0.25, -0.2) is 4.79 Å². The van der Waals surface area contributed by atoms with Gasteiger partial charge in [0.1, 0.15) is 6.61 Å². The zero-order chi connectivity index (χ0) is 15.3. The third kappa shape index (κ3) is 4.48. The highest BCUT2D eigenvalue weighted by Crippen LogP contribution is 2.34. The number of carboxylic acid groups (broad SMARTS) is 1. The van der Waals surface area contributed by atoms with E-state index in [2.05, 4.69) is 0 Å².